The van der Waals surface area contributed by atoms with Crippen molar-refractivity contribution >= 4 is 7.82 Å². The van der Waals surface area contributed by atoms with Gasteiger partial charge in [0.25, 0.3) is 0 Å². The zero-order valence-corrected chi connectivity index (χ0v) is 7.42. The molecule has 0 aromatic carbocycles. The van der Waals surface area contributed by atoms with Gasteiger partial charge in [-0.1, -0.05) is 0 Å². The first-order chi connectivity index (χ1) is 4.45. The molecule has 0 saturated carbocycles. The van der Waals surface area contributed by atoms with Crippen molar-refractivity contribution in [3.8, 4) is 0 Å². The molecule has 0 saturated heterocycles. The van der Waals surface area contributed by atoms with E-state index >= 15 is 0 Å². The van der Waals surface area contributed by atoms with Gasteiger partial charge in [0.05, 0.1) is 0 Å². The number of phosphoric acid groups is 1. The van der Waals surface area contributed by atoms with Gasteiger partial charge in [-0.3, -0.25) is 0 Å². The Hall–Kier alpha value is 0.404. The van der Waals surface area contributed by atoms with Gasteiger partial charge in [-0.25, -0.2) is 4.57 Å². The summed E-state index contributed by atoms with van der Waals surface area (Å²) in [4.78, 5) is 21.6. The molecular formula is H3F6O4PTi. The van der Waals surface area contributed by atoms with Crippen molar-refractivity contribution in [2.24, 2.45) is 0 Å². The van der Waals surface area contributed by atoms with Crippen LogP contribution in [0.15, 0.2) is 0 Å². The third-order valence-electron chi connectivity index (χ3n) is 0. The van der Waals surface area contributed by atoms with Crippen LogP contribution in [0.4, 0.5) is 18.6 Å². The second-order valence-corrected chi connectivity index (χ2v) is 5.96. The number of halogens is 6. The van der Waals surface area contributed by atoms with E-state index in [0.29, 0.717) is 0 Å². The summed E-state index contributed by atoms with van der Waals surface area (Å²) in [6.45, 7) is 0. The van der Waals surface area contributed by atoms with E-state index in [0.717, 1.165) is 0 Å². The van der Waals surface area contributed by atoms with E-state index in [1.54, 1.807) is 0 Å². The first-order valence-electron chi connectivity index (χ1n) is 1.92. The van der Waals surface area contributed by atoms with Gasteiger partial charge in [0.15, 0.2) is 0 Å². The van der Waals surface area contributed by atoms with Crippen LogP contribution in [0.3, 0.4) is 0 Å². The Morgan fingerprint density at radius 3 is 0.833 bits per heavy atom. The summed E-state index contributed by atoms with van der Waals surface area (Å²) in [6.07, 6.45) is 0. The predicted molar refractivity (Wildman–Crippen MR) is 20.9 cm³/mol. The Kier molecular flexibility index (Phi) is 3.35. The van der Waals surface area contributed by atoms with Crippen LogP contribution >= 0.6 is 7.82 Å². The van der Waals surface area contributed by atoms with E-state index < -0.39 is 25.1 Å². The van der Waals surface area contributed by atoms with Crippen LogP contribution in [0.1, 0.15) is 0 Å². The fourth-order valence-corrected chi connectivity index (χ4v) is 0. The molecule has 0 rings (SSSR count). The molecule has 0 amide bonds. The molecule has 0 atom stereocenters. The molecule has 0 aliphatic carbocycles. The van der Waals surface area contributed by atoms with Crippen LogP contribution in [-0.4, -0.2) is 14.7 Å². The SMILES string of the molecule is O=P(O)(O)O.[F][Ti]([F])([F])([F])([F])[F]. The van der Waals surface area contributed by atoms with Gasteiger partial charge in [0.1, 0.15) is 0 Å². The van der Waals surface area contributed by atoms with Gasteiger partial charge in [-0.05, 0) is 0 Å². The third kappa shape index (κ3) is 5630. The van der Waals surface area contributed by atoms with Crippen molar-refractivity contribution in [1.29, 1.82) is 0 Å². The van der Waals surface area contributed by atoms with E-state index in [-0.39, 0.29) is 0 Å². The summed E-state index contributed by atoms with van der Waals surface area (Å²) in [6, 6.07) is 0. The van der Waals surface area contributed by atoms with Crippen LogP contribution in [0, 0.1) is 0 Å². The minimum atomic E-state index is -11.2. The molecule has 0 bridgehead atoms. The average Bonchev–Trinajstić information content (AvgIpc) is 1.04. The van der Waals surface area contributed by atoms with Crippen molar-refractivity contribution < 1.29 is 55.0 Å². The second-order valence-electron chi connectivity index (χ2n) is 1.58. The van der Waals surface area contributed by atoms with Crippen LogP contribution < -0.4 is 0 Å². The van der Waals surface area contributed by atoms with Crippen molar-refractivity contribution in [2.75, 3.05) is 0 Å². The van der Waals surface area contributed by atoms with Crippen molar-refractivity contribution in [1.82, 2.24) is 0 Å². The number of rotatable bonds is 0. The fraction of sp³-hybridized carbons (Fsp3) is 0. The van der Waals surface area contributed by atoms with Crippen LogP contribution in [0.2, 0.25) is 0 Å². The van der Waals surface area contributed by atoms with E-state index in [1.165, 1.54) is 0 Å². The standard InChI is InChI=1S/6FH.H3O4P.Ti/c;;;;;;1-5(2,3)4;/h6*1H;(H3,1,2,3,4);/q;;;;;;;+6/p-6. The van der Waals surface area contributed by atoms with Crippen LogP contribution in [0.25, 0.3) is 0 Å². The van der Waals surface area contributed by atoms with Crippen molar-refractivity contribution in [3.05, 3.63) is 0 Å². The summed E-state index contributed by atoms with van der Waals surface area (Å²) >= 11 is -11.2. The quantitative estimate of drug-likeness (QED) is 0.351. The molecule has 0 radical (unpaired) electrons. The molecule has 0 aromatic heterocycles. The maximum atomic E-state index is 9.92. The summed E-state index contributed by atoms with van der Waals surface area (Å²) in [5.74, 6) is 0. The molecule has 0 unspecified atom stereocenters. The summed E-state index contributed by atoms with van der Waals surface area (Å²) < 4.78 is 68.4. The van der Waals surface area contributed by atoms with Gasteiger partial charge >= 0.3 is 43.6 Å². The predicted octanol–water partition coefficient (Wildman–Crippen LogP) is 1.59. The first-order valence-corrected chi connectivity index (χ1v) is 7.02. The van der Waals surface area contributed by atoms with Gasteiger partial charge in [-0.15, -0.1) is 0 Å². The van der Waals surface area contributed by atoms with Crippen LogP contribution in [-0.2, 0) is 21.8 Å². The van der Waals surface area contributed by atoms with Gasteiger partial charge in [0.2, 0.25) is 0 Å². The Labute approximate surface area is 63.5 Å². The van der Waals surface area contributed by atoms with Crippen molar-refractivity contribution in [2.45, 2.75) is 0 Å². The Balaban J connectivity index is 0. The summed E-state index contributed by atoms with van der Waals surface area (Å²) in [7, 11) is -4.64. The van der Waals surface area contributed by atoms with Gasteiger partial charge in [-0.2, -0.15) is 0 Å². The van der Waals surface area contributed by atoms with Gasteiger partial charge in [0, 0.05) is 0 Å². The maximum absolute atomic E-state index is 11.2. The molecule has 0 aliphatic rings. The van der Waals surface area contributed by atoms with Crippen LogP contribution in [0.5, 0.6) is 0 Å². The molecule has 12 heavy (non-hydrogen) atoms. The Morgan fingerprint density at radius 1 is 0.833 bits per heavy atom. The average molecular weight is 260 g/mol. The zero-order valence-electron chi connectivity index (χ0n) is 4.96. The molecule has 4 nitrogen and oxygen atoms in total. The molecule has 0 spiro atoms. The minimum absolute atomic E-state index is 4.64. The Morgan fingerprint density at radius 2 is 0.833 bits per heavy atom. The molecule has 12 heteroatoms. The molecule has 78 valence electrons. The Bertz CT molecular complexity index is 173. The third-order valence-corrected chi connectivity index (χ3v) is 0. The van der Waals surface area contributed by atoms with Gasteiger partial charge < -0.3 is 14.7 Å². The summed E-state index contributed by atoms with van der Waals surface area (Å²) in [5.41, 5.74) is 0. The topological polar surface area (TPSA) is 77.8 Å². The monoisotopic (exact) mass is 260 g/mol. The zero-order chi connectivity index (χ0) is 10.9. The van der Waals surface area contributed by atoms with E-state index in [2.05, 4.69) is 0 Å². The first kappa shape index (κ1) is 14.9. The number of hydrogen-bond acceptors (Lipinski definition) is 1. The number of hydrogen-bond donors (Lipinski definition) is 3. The second kappa shape index (κ2) is 2.69. The van der Waals surface area contributed by atoms with E-state index in [4.69, 9.17) is 19.2 Å². The fourth-order valence-electron chi connectivity index (χ4n) is 0. The van der Waals surface area contributed by atoms with E-state index in [9.17, 15) is 18.6 Å². The summed E-state index contributed by atoms with van der Waals surface area (Å²) in [5, 5.41) is 0. The normalized spacial score (nSPS) is 18.4. The molecule has 0 aliphatic heterocycles. The molecular weight excluding hydrogens is 257 g/mol. The molecule has 3 N–H and O–H groups in total. The molecule has 0 aromatic rings. The van der Waals surface area contributed by atoms with Crippen molar-refractivity contribution in [3.63, 3.8) is 0 Å². The van der Waals surface area contributed by atoms with E-state index in [1.807, 2.05) is 0 Å². The molecule has 0 fully saturated rings. The molecule has 0 heterocycles.